The van der Waals surface area contributed by atoms with Crippen molar-refractivity contribution >= 4 is 17.6 Å². The van der Waals surface area contributed by atoms with Crippen LogP contribution in [0.3, 0.4) is 0 Å². The highest BCUT2D eigenvalue weighted by Gasteiger charge is 2.34. The van der Waals surface area contributed by atoms with E-state index in [9.17, 15) is 9.18 Å². The topological polar surface area (TPSA) is 52.3 Å². The van der Waals surface area contributed by atoms with Crippen molar-refractivity contribution in [3.05, 3.63) is 40.5 Å². The number of ether oxygens (including phenoxy) is 1. The molecule has 1 heterocycles. The van der Waals surface area contributed by atoms with E-state index in [0.29, 0.717) is 10.7 Å². The first-order valence-corrected chi connectivity index (χ1v) is 7.11. The Kier molecular flexibility index (Phi) is 3.68. The van der Waals surface area contributed by atoms with Crippen molar-refractivity contribution in [2.24, 2.45) is 0 Å². The summed E-state index contributed by atoms with van der Waals surface area (Å²) in [6.07, 6.45) is 1.88. The molecule has 0 bridgehead atoms. The van der Waals surface area contributed by atoms with Crippen LogP contribution < -0.4 is 0 Å². The van der Waals surface area contributed by atoms with E-state index in [0.717, 1.165) is 12.8 Å². The first-order valence-electron chi connectivity index (χ1n) is 6.73. The fraction of sp³-hybridized carbons (Fsp3) is 0.333. The van der Waals surface area contributed by atoms with Crippen molar-refractivity contribution in [1.82, 2.24) is 4.98 Å². The van der Waals surface area contributed by atoms with Gasteiger partial charge in [0.1, 0.15) is 5.82 Å². The van der Waals surface area contributed by atoms with Crippen LogP contribution in [0.2, 0.25) is 5.02 Å². The number of nitrogens with zero attached hydrogens (tertiary/aromatic N) is 1. The summed E-state index contributed by atoms with van der Waals surface area (Å²) >= 11 is 5.87. The number of hydrogen-bond donors (Lipinski definition) is 0. The van der Waals surface area contributed by atoms with Crippen molar-refractivity contribution in [3.63, 3.8) is 0 Å². The van der Waals surface area contributed by atoms with Crippen LogP contribution in [0, 0.1) is 5.82 Å². The zero-order valence-electron chi connectivity index (χ0n) is 11.4. The molecule has 1 saturated carbocycles. The SMILES string of the molecule is CCOC(=O)c1oc(-c2cc(Cl)ccc2F)nc1C1CC1. The quantitative estimate of drug-likeness (QED) is 0.795. The number of rotatable bonds is 4. The fourth-order valence-electron chi connectivity index (χ4n) is 2.08. The number of halogens is 2. The van der Waals surface area contributed by atoms with E-state index in [1.807, 2.05) is 0 Å². The molecule has 1 aliphatic carbocycles. The number of oxazole rings is 1. The molecule has 0 radical (unpaired) electrons. The van der Waals surface area contributed by atoms with Crippen LogP contribution in [0.4, 0.5) is 4.39 Å². The number of esters is 1. The van der Waals surface area contributed by atoms with Gasteiger partial charge in [0.15, 0.2) is 0 Å². The van der Waals surface area contributed by atoms with E-state index in [-0.39, 0.29) is 29.7 Å². The minimum atomic E-state index is -0.569. The summed E-state index contributed by atoms with van der Waals surface area (Å²) in [4.78, 5) is 16.2. The Balaban J connectivity index is 2.05. The van der Waals surface area contributed by atoms with E-state index < -0.39 is 11.8 Å². The summed E-state index contributed by atoms with van der Waals surface area (Å²) in [6.45, 7) is 1.95. The maximum absolute atomic E-state index is 13.9. The summed E-state index contributed by atoms with van der Waals surface area (Å²) in [5.74, 6) is -0.767. The second kappa shape index (κ2) is 5.48. The third kappa shape index (κ3) is 2.78. The molecule has 0 N–H and O–H groups in total. The summed E-state index contributed by atoms with van der Waals surface area (Å²) in [6, 6.07) is 4.11. The molecule has 1 aromatic carbocycles. The lowest BCUT2D eigenvalue weighted by atomic mass is 10.2. The molecule has 1 aromatic heterocycles. The Morgan fingerprint density at radius 3 is 2.95 bits per heavy atom. The van der Waals surface area contributed by atoms with Gasteiger partial charge in [-0.2, -0.15) is 0 Å². The van der Waals surface area contributed by atoms with Crippen molar-refractivity contribution in [3.8, 4) is 11.5 Å². The Hall–Kier alpha value is -1.88. The lowest BCUT2D eigenvalue weighted by Gasteiger charge is -1.99. The zero-order chi connectivity index (χ0) is 15.0. The molecule has 1 aliphatic rings. The molecule has 0 amide bonds. The molecule has 0 atom stereocenters. The van der Waals surface area contributed by atoms with Gasteiger partial charge in [0, 0.05) is 10.9 Å². The summed E-state index contributed by atoms with van der Waals surface area (Å²) in [5, 5.41) is 0.371. The van der Waals surface area contributed by atoms with Crippen LogP contribution in [-0.2, 0) is 4.74 Å². The van der Waals surface area contributed by atoms with E-state index in [1.165, 1.54) is 18.2 Å². The highest BCUT2D eigenvalue weighted by Crippen LogP contribution is 2.43. The summed E-state index contributed by atoms with van der Waals surface area (Å²) in [5.41, 5.74) is 0.683. The zero-order valence-corrected chi connectivity index (χ0v) is 12.1. The lowest BCUT2D eigenvalue weighted by molar-refractivity contribution is 0.0489. The minimum absolute atomic E-state index is 0.0555. The number of hydrogen-bond acceptors (Lipinski definition) is 4. The molecule has 0 aliphatic heterocycles. The first kappa shape index (κ1) is 14.1. The molecule has 0 unspecified atom stereocenters. The maximum atomic E-state index is 13.9. The van der Waals surface area contributed by atoms with E-state index in [2.05, 4.69) is 4.98 Å². The molecule has 3 rings (SSSR count). The molecule has 1 fully saturated rings. The van der Waals surface area contributed by atoms with Gasteiger partial charge in [-0.05, 0) is 38.0 Å². The number of carbonyl (C=O) groups excluding carboxylic acids is 1. The summed E-state index contributed by atoms with van der Waals surface area (Å²) < 4.78 is 24.3. The molecule has 4 nitrogen and oxygen atoms in total. The van der Waals surface area contributed by atoms with Crippen LogP contribution >= 0.6 is 11.6 Å². The van der Waals surface area contributed by atoms with Crippen molar-refractivity contribution < 1.29 is 18.3 Å². The van der Waals surface area contributed by atoms with Crippen LogP contribution in [-0.4, -0.2) is 17.6 Å². The molecule has 0 saturated heterocycles. The largest absolute Gasteiger partial charge is 0.460 e. The molecular weight excluding hydrogens is 297 g/mol. The Labute approximate surface area is 125 Å². The Morgan fingerprint density at radius 2 is 2.29 bits per heavy atom. The smallest absolute Gasteiger partial charge is 0.376 e. The van der Waals surface area contributed by atoms with Gasteiger partial charge in [0.05, 0.1) is 17.9 Å². The molecule has 110 valence electrons. The highest BCUT2D eigenvalue weighted by molar-refractivity contribution is 6.30. The van der Waals surface area contributed by atoms with Crippen LogP contribution in [0.1, 0.15) is 41.9 Å². The van der Waals surface area contributed by atoms with E-state index in [4.69, 9.17) is 20.8 Å². The lowest BCUT2D eigenvalue weighted by Crippen LogP contribution is -2.05. The molecule has 6 heteroatoms. The third-order valence-corrected chi connectivity index (χ3v) is 3.47. The van der Waals surface area contributed by atoms with Crippen molar-refractivity contribution in [1.29, 1.82) is 0 Å². The minimum Gasteiger partial charge on any atom is -0.460 e. The van der Waals surface area contributed by atoms with Gasteiger partial charge in [0.2, 0.25) is 11.7 Å². The third-order valence-electron chi connectivity index (χ3n) is 3.24. The Bertz CT molecular complexity index is 694. The monoisotopic (exact) mass is 309 g/mol. The molecule has 0 spiro atoms. The van der Waals surface area contributed by atoms with Crippen molar-refractivity contribution in [2.75, 3.05) is 6.61 Å². The van der Waals surface area contributed by atoms with Crippen LogP contribution in [0.25, 0.3) is 11.5 Å². The average Bonchev–Trinajstić information content (AvgIpc) is 3.21. The van der Waals surface area contributed by atoms with E-state index >= 15 is 0 Å². The molecule has 21 heavy (non-hydrogen) atoms. The van der Waals surface area contributed by atoms with Gasteiger partial charge in [-0.15, -0.1) is 0 Å². The van der Waals surface area contributed by atoms with Gasteiger partial charge < -0.3 is 9.15 Å². The van der Waals surface area contributed by atoms with Gasteiger partial charge >= 0.3 is 5.97 Å². The molecular formula is C15H13ClFNO3. The average molecular weight is 310 g/mol. The predicted molar refractivity (Wildman–Crippen MR) is 74.8 cm³/mol. The van der Waals surface area contributed by atoms with E-state index in [1.54, 1.807) is 6.92 Å². The second-order valence-corrected chi connectivity index (χ2v) is 5.29. The van der Waals surface area contributed by atoms with Gasteiger partial charge in [-0.1, -0.05) is 11.6 Å². The number of carbonyl (C=O) groups is 1. The van der Waals surface area contributed by atoms with Gasteiger partial charge in [-0.25, -0.2) is 14.2 Å². The van der Waals surface area contributed by atoms with Crippen LogP contribution in [0.5, 0.6) is 0 Å². The summed E-state index contributed by atoms with van der Waals surface area (Å²) in [7, 11) is 0. The normalized spacial score (nSPS) is 14.2. The van der Waals surface area contributed by atoms with Crippen LogP contribution in [0.15, 0.2) is 22.6 Å². The van der Waals surface area contributed by atoms with Crippen molar-refractivity contribution in [2.45, 2.75) is 25.7 Å². The highest BCUT2D eigenvalue weighted by atomic mass is 35.5. The predicted octanol–water partition coefficient (Wildman–Crippen LogP) is 4.19. The second-order valence-electron chi connectivity index (χ2n) is 4.85. The number of benzene rings is 1. The Morgan fingerprint density at radius 1 is 1.52 bits per heavy atom. The van der Waals surface area contributed by atoms with Gasteiger partial charge in [0.25, 0.3) is 0 Å². The molecule has 2 aromatic rings. The standard InChI is InChI=1S/C15H13ClFNO3/c1-2-20-15(19)13-12(8-3-4-8)18-14(21-13)10-7-9(16)5-6-11(10)17/h5-8H,2-4H2,1H3. The first-order chi connectivity index (χ1) is 10.1. The number of aromatic nitrogens is 1. The maximum Gasteiger partial charge on any atom is 0.376 e. The van der Waals surface area contributed by atoms with Gasteiger partial charge in [-0.3, -0.25) is 0 Å². The fourth-order valence-corrected chi connectivity index (χ4v) is 2.26.